The molecule has 0 unspecified atom stereocenters. The molecule has 0 saturated carbocycles. The van der Waals surface area contributed by atoms with Crippen LogP contribution in [0.15, 0.2) is 30.3 Å². The van der Waals surface area contributed by atoms with Crippen molar-refractivity contribution in [2.45, 2.75) is 39.7 Å². The van der Waals surface area contributed by atoms with Crippen molar-refractivity contribution in [2.24, 2.45) is 0 Å². The van der Waals surface area contributed by atoms with Crippen LogP contribution in [-0.2, 0) is 18.3 Å². The summed E-state index contributed by atoms with van der Waals surface area (Å²) < 4.78 is 18.1. The van der Waals surface area contributed by atoms with Crippen LogP contribution in [0.25, 0.3) is 0 Å². The molecule has 19 heavy (non-hydrogen) atoms. The van der Waals surface area contributed by atoms with Crippen molar-refractivity contribution in [1.82, 2.24) is 0 Å². The van der Waals surface area contributed by atoms with Gasteiger partial charge in [-0.15, -0.1) is 0 Å². The molecule has 0 spiro atoms. The fraction of sp³-hybridized carbons (Fsp3) is 0.600. The molecule has 0 aliphatic carbocycles. The summed E-state index contributed by atoms with van der Waals surface area (Å²) in [5.74, 6) is 0. The molecule has 0 radical (unpaired) electrons. The summed E-state index contributed by atoms with van der Waals surface area (Å²) in [4.78, 5) is 0. The van der Waals surface area contributed by atoms with Crippen LogP contribution >= 0.6 is 0 Å². The number of benzene rings is 1. The predicted molar refractivity (Wildman–Crippen MR) is 80.1 cm³/mol. The third kappa shape index (κ3) is 3.45. The molecule has 108 valence electrons. The summed E-state index contributed by atoms with van der Waals surface area (Å²) in [6, 6.07) is 10.3. The lowest BCUT2D eigenvalue weighted by Crippen LogP contribution is -2.60. The lowest BCUT2D eigenvalue weighted by atomic mass is 10.0. The molecule has 0 N–H and O–H groups in total. The van der Waals surface area contributed by atoms with E-state index < -0.39 is 8.80 Å². The van der Waals surface area contributed by atoms with Gasteiger partial charge in [0.1, 0.15) is 0 Å². The molecule has 4 heteroatoms. The molecule has 0 aliphatic heterocycles. The van der Waals surface area contributed by atoms with Crippen molar-refractivity contribution in [3.05, 3.63) is 35.9 Å². The van der Waals surface area contributed by atoms with E-state index in [4.69, 9.17) is 13.3 Å². The van der Waals surface area contributed by atoms with Crippen molar-refractivity contribution in [3.63, 3.8) is 0 Å². The van der Waals surface area contributed by atoms with E-state index in [0.717, 1.165) is 0 Å². The minimum absolute atomic E-state index is 0.268. The lowest BCUT2D eigenvalue weighted by molar-refractivity contribution is 0.0492. The summed E-state index contributed by atoms with van der Waals surface area (Å²) in [5.41, 5.74) is 1.19. The molecule has 0 fully saturated rings. The van der Waals surface area contributed by atoms with Crippen LogP contribution in [0.1, 0.15) is 40.2 Å². The molecule has 1 aromatic rings. The van der Waals surface area contributed by atoms with Crippen LogP contribution in [0.5, 0.6) is 0 Å². The molecule has 1 aromatic carbocycles. The number of hydrogen-bond acceptors (Lipinski definition) is 3. The van der Waals surface area contributed by atoms with Crippen LogP contribution in [0, 0.1) is 0 Å². The van der Waals surface area contributed by atoms with Gasteiger partial charge in [-0.1, -0.05) is 44.2 Å². The Hall–Kier alpha value is -0.683. The van der Waals surface area contributed by atoms with E-state index >= 15 is 0 Å². The first-order chi connectivity index (χ1) is 9.04. The summed E-state index contributed by atoms with van der Waals surface area (Å²) in [6.07, 6.45) is 0. The Bertz CT molecular complexity index is 348. The minimum Gasteiger partial charge on any atom is -0.373 e. The fourth-order valence-electron chi connectivity index (χ4n) is 2.27. The van der Waals surface area contributed by atoms with Crippen LogP contribution in [0.2, 0.25) is 0 Å². The zero-order chi connectivity index (χ0) is 14.4. The first-order valence-electron chi connectivity index (χ1n) is 7.01. The second-order valence-electron chi connectivity index (χ2n) is 4.85. The van der Waals surface area contributed by atoms with Crippen molar-refractivity contribution < 1.29 is 13.3 Å². The van der Waals surface area contributed by atoms with E-state index in [1.807, 2.05) is 39.0 Å². The normalized spacial score (nSPS) is 12.7. The summed E-state index contributed by atoms with van der Waals surface area (Å²) in [7, 11) is -2.76. The molecule has 0 aliphatic rings. The Morgan fingerprint density at radius 2 is 1.26 bits per heavy atom. The van der Waals surface area contributed by atoms with E-state index in [1.54, 1.807) is 0 Å². The van der Waals surface area contributed by atoms with Gasteiger partial charge in [0.25, 0.3) is 0 Å². The Morgan fingerprint density at radius 3 is 1.63 bits per heavy atom. The van der Waals surface area contributed by atoms with Gasteiger partial charge in [-0.05, 0) is 26.3 Å². The molecular formula is C15H26O3Si. The van der Waals surface area contributed by atoms with Gasteiger partial charge in [-0.25, -0.2) is 0 Å². The van der Waals surface area contributed by atoms with Gasteiger partial charge in [0, 0.05) is 19.8 Å². The van der Waals surface area contributed by atoms with Crippen LogP contribution in [0.3, 0.4) is 0 Å². The molecular weight excluding hydrogens is 256 g/mol. The van der Waals surface area contributed by atoms with Crippen LogP contribution < -0.4 is 0 Å². The number of rotatable bonds is 8. The maximum Gasteiger partial charge on any atom is 0.511 e. The number of hydrogen-bond donors (Lipinski definition) is 0. The molecule has 0 atom stereocenters. The average Bonchev–Trinajstić information content (AvgIpc) is 2.40. The zero-order valence-corrected chi connectivity index (χ0v) is 13.7. The highest BCUT2D eigenvalue weighted by atomic mass is 28.4. The third-order valence-electron chi connectivity index (χ3n) is 3.26. The van der Waals surface area contributed by atoms with E-state index in [2.05, 4.69) is 26.0 Å². The Labute approximate surface area is 118 Å². The summed E-state index contributed by atoms with van der Waals surface area (Å²) >= 11 is 0. The maximum absolute atomic E-state index is 6.02. The van der Waals surface area contributed by atoms with E-state index in [-0.39, 0.29) is 5.04 Å². The lowest BCUT2D eigenvalue weighted by Gasteiger charge is -2.41. The quantitative estimate of drug-likeness (QED) is 0.682. The van der Waals surface area contributed by atoms with Gasteiger partial charge in [0.05, 0.1) is 5.04 Å². The molecule has 0 amide bonds. The van der Waals surface area contributed by atoms with Crippen LogP contribution in [-0.4, -0.2) is 28.6 Å². The molecule has 0 saturated heterocycles. The summed E-state index contributed by atoms with van der Waals surface area (Å²) in [5, 5.41) is -0.268. The van der Waals surface area contributed by atoms with E-state index in [9.17, 15) is 0 Å². The topological polar surface area (TPSA) is 27.7 Å². The van der Waals surface area contributed by atoms with Gasteiger partial charge < -0.3 is 13.3 Å². The monoisotopic (exact) mass is 282 g/mol. The Balaban J connectivity index is 3.20. The molecule has 0 heterocycles. The van der Waals surface area contributed by atoms with Crippen molar-refractivity contribution in [1.29, 1.82) is 0 Å². The largest absolute Gasteiger partial charge is 0.511 e. The molecule has 1 rings (SSSR count). The highest BCUT2D eigenvalue weighted by Crippen LogP contribution is 2.36. The molecule has 0 aromatic heterocycles. The molecule has 3 nitrogen and oxygen atoms in total. The first-order valence-corrected chi connectivity index (χ1v) is 8.74. The highest BCUT2D eigenvalue weighted by molar-refractivity contribution is 6.64. The van der Waals surface area contributed by atoms with Gasteiger partial charge in [-0.3, -0.25) is 0 Å². The zero-order valence-electron chi connectivity index (χ0n) is 12.7. The second kappa shape index (κ2) is 7.19. The molecule has 0 bridgehead atoms. The standard InChI is InChI=1S/C15H26O3Si/c1-6-16-19(17-7-2,18-8-3)15(4,5)14-12-10-9-11-13-14/h9-13H,6-8H2,1-5H3. The second-order valence-corrected chi connectivity index (χ2v) is 8.07. The van der Waals surface area contributed by atoms with E-state index in [0.29, 0.717) is 19.8 Å². The van der Waals surface area contributed by atoms with Crippen molar-refractivity contribution in [3.8, 4) is 0 Å². The highest BCUT2D eigenvalue weighted by Gasteiger charge is 2.56. The van der Waals surface area contributed by atoms with Gasteiger partial charge >= 0.3 is 8.80 Å². The van der Waals surface area contributed by atoms with E-state index in [1.165, 1.54) is 5.56 Å². The summed E-state index contributed by atoms with van der Waals surface area (Å²) in [6.45, 7) is 12.1. The van der Waals surface area contributed by atoms with Crippen molar-refractivity contribution >= 4 is 8.80 Å². The average molecular weight is 282 g/mol. The van der Waals surface area contributed by atoms with Crippen LogP contribution in [0.4, 0.5) is 0 Å². The van der Waals surface area contributed by atoms with Gasteiger partial charge in [0.15, 0.2) is 0 Å². The Morgan fingerprint density at radius 1 is 0.842 bits per heavy atom. The third-order valence-corrected chi connectivity index (χ3v) is 7.09. The Kier molecular flexibility index (Phi) is 6.20. The fourth-order valence-corrected chi connectivity index (χ4v) is 5.26. The minimum atomic E-state index is -2.76. The SMILES string of the molecule is CCO[Si](OCC)(OCC)C(C)(C)c1ccccc1. The smallest absolute Gasteiger partial charge is 0.373 e. The van der Waals surface area contributed by atoms with Gasteiger partial charge in [-0.2, -0.15) is 0 Å². The van der Waals surface area contributed by atoms with Crippen molar-refractivity contribution in [2.75, 3.05) is 19.8 Å². The first kappa shape index (κ1) is 16.4. The predicted octanol–water partition coefficient (Wildman–Crippen LogP) is 3.55. The maximum atomic E-state index is 6.02. The van der Waals surface area contributed by atoms with Gasteiger partial charge in [0.2, 0.25) is 0 Å².